The van der Waals surface area contributed by atoms with Crippen molar-refractivity contribution in [3.05, 3.63) is 53.1 Å². The Bertz CT molecular complexity index is 737. The minimum Gasteiger partial charge on any atom is -0.452 e. The van der Waals surface area contributed by atoms with Crippen molar-refractivity contribution in [2.24, 2.45) is 0 Å². The second-order valence-electron chi connectivity index (χ2n) is 5.16. The molecule has 2 rings (SSSR count). The molecule has 1 N–H and O–H groups in total. The number of amides is 1. The van der Waals surface area contributed by atoms with Crippen molar-refractivity contribution in [2.45, 2.75) is 27.3 Å². The fraction of sp³-hybridized carbons (Fsp3) is 0.294. The summed E-state index contributed by atoms with van der Waals surface area (Å²) in [5.74, 6) is -1.52. The van der Waals surface area contributed by atoms with Gasteiger partial charge in [-0.15, -0.1) is 0 Å². The Labute approximate surface area is 134 Å². The third kappa shape index (κ3) is 3.97. The normalized spacial score (nSPS) is 10.4. The fourth-order valence-electron chi connectivity index (χ4n) is 2.47. The first-order chi connectivity index (χ1) is 10.9. The first kappa shape index (κ1) is 16.7. The summed E-state index contributed by atoms with van der Waals surface area (Å²) < 4.78 is 20.0. The number of halogens is 1. The molecule has 0 atom stereocenters. The number of nitrogens with one attached hydrogen (secondary N) is 1. The number of hydrogen-bond acceptors (Lipinski definition) is 3. The molecule has 122 valence electrons. The van der Waals surface area contributed by atoms with Crippen LogP contribution in [-0.4, -0.2) is 23.1 Å². The van der Waals surface area contributed by atoms with E-state index in [1.54, 1.807) is 12.1 Å². The van der Waals surface area contributed by atoms with Crippen LogP contribution < -0.4 is 5.32 Å². The largest absolute Gasteiger partial charge is 0.452 e. The molecule has 0 radical (unpaired) electrons. The molecule has 0 unspecified atom stereocenters. The van der Waals surface area contributed by atoms with Crippen LogP contribution in [0.5, 0.6) is 0 Å². The first-order valence-electron chi connectivity index (χ1n) is 7.31. The van der Waals surface area contributed by atoms with Crippen molar-refractivity contribution in [3.8, 4) is 0 Å². The van der Waals surface area contributed by atoms with Crippen LogP contribution in [-0.2, 0) is 16.1 Å². The lowest BCUT2D eigenvalue weighted by Crippen LogP contribution is -2.21. The van der Waals surface area contributed by atoms with Gasteiger partial charge in [0.05, 0.1) is 5.56 Å². The molecule has 0 spiro atoms. The van der Waals surface area contributed by atoms with E-state index in [4.69, 9.17) is 4.74 Å². The smallest absolute Gasteiger partial charge is 0.340 e. The topological polar surface area (TPSA) is 60.3 Å². The maximum Gasteiger partial charge on any atom is 0.340 e. The van der Waals surface area contributed by atoms with Gasteiger partial charge in [0, 0.05) is 23.6 Å². The van der Waals surface area contributed by atoms with Gasteiger partial charge in [-0.3, -0.25) is 4.79 Å². The number of carbonyl (C=O) groups is 2. The van der Waals surface area contributed by atoms with Crippen molar-refractivity contribution in [1.29, 1.82) is 0 Å². The van der Waals surface area contributed by atoms with Crippen LogP contribution in [0.1, 0.15) is 28.7 Å². The zero-order chi connectivity index (χ0) is 17.0. The predicted octanol–water partition coefficient (Wildman–Crippen LogP) is 3.06. The van der Waals surface area contributed by atoms with Gasteiger partial charge in [0.1, 0.15) is 5.82 Å². The van der Waals surface area contributed by atoms with E-state index in [-0.39, 0.29) is 0 Å². The Morgan fingerprint density at radius 1 is 1.26 bits per heavy atom. The number of carbonyl (C=O) groups excluding carboxylic acids is 2. The third-order valence-electron chi connectivity index (χ3n) is 3.55. The SMILES string of the molecule is CCn1c(C)cc(C(=O)OCC(=O)Nc2cccc(F)c2)c1C. The van der Waals surface area contributed by atoms with Gasteiger partial charge in [0.2, 0.25) is 0 Å². The second-order valence-corrected chi connectivity index (χ2v) is 5.16. The Morgan fingerprint density at radius 2 is 2.00 bits per heavy atom. The summed E-state index contributed by atoms with van der Waals surface area (Å²) >= 11 is 0. The molecule has 0 bridgehead atoms. The number of ether oxygens (including phenoxy) is 1. The highest BCUT2D eigenvalue weighted by Crippen LogP contribution is 2.16. The number of benzene rings is 1. The van der Waals surface area contributed by atoms with E-state index in [1.165, 1.54) is 18.2 Å². The summed E-state index contributed by atoms with van der Waals surface area (Å²) in [5, 5.41) is 2.47. The van der Waals surface area contributed by atoms with Gasteiger partial charge in [-0.2, -0.15) is 0 Å². The fourth-order valence-corrected chi connectivity index (χ4v) is 2.47. The van der Waals surface area contributed by atoms with E-state index in [2.05, 4.69) is 5.32 Å². The van der Waals surface area contributed by atoms with Crippen molar-refractivity contribution in [1.82, 2.24) is 4.57 Å². The number of aromatic nitrogens is 1. The van der Waals surface area contributed by atoms with E-state index < -0.39 is 24.3 Å². The lowest BCUT2D eigenvalue weighted by molar-refractivity contribution is -0.119. The average molecular weight is 318 g/mol. The Balaban J connectivity index is 1.95. The average Bonchev–Trinajstić information content (AvgIpc) is 2.79. The van der Waals surface area contributed by atoms with E-state index in [0.717, 1.165) is 17.9 Å². The van der Waals surface area contributed by atoms with Gasteiger partial charge in [0.15, 0.2) is 6.61 Å². The summed E-state index contributed by atoms with van der Waals surface area (Å²) in [7, 11) is 0. The minimum absolute atomic E-state index is 0.315. The predicted molar refractivity (Wildman–Crippen MR) is 84.9 cm³/mol. The van der Waals surface area contributed by atoms with E-state index in [1.807, 2.05) is 25.3 Å². The highest BCUT2D eigenvalue weighted by molar-refractivity contribution is 5.96. The van der Waals surface area contributed by atoms with Crippen LogP contribution in [0.25, 0.3) is 0 Å². The summed E-state index contributed by atoms with van der Waals surface area (Å²) in [6, 6.07) is 7.24. The van der Waals surface area contributed by atoms with Crippen molar-refractivity contribution in [3.63, 3.8) is 0 Å². The van der Waals surface area contributed by atoms with Gasteiger partial charge < -0.3 is 14.6 Å². The van der Waals surface area contributed by atoms with E-state index in [9.17, 15) is 14.0 Å². The molecule has 0 aliphatic heterocycles. The van der Waals surface area contributed by atoms with Crippen LogP contribution in [0, 0.1) is 19.7 Å². The molecule has 1 amide bonds. The van der Waals surface area contributed by atoms with Gasteiger partial charge >= 0.3 is 5.97 Å². The molecule has 0 fully saturated rings. The van der Waals surface area contributed by atoms with E-state index in [0.29, 0.717) is 11.3 Å². The van der Waals surface area contributed by atoms with Gasteiger partial charge in [-0.25, -0.2) is 9.18 Å². The van der Waals surface area contributed by atoms with Gasteiger partial charge in [-0.05, 0) is 45.0 Å². The molecule has 0 saturated heterocycles. The third-order valence-corrected chi connectivity index (χ3v) is 3.55. The second kappa shape index (κ2) is 7.09. The monoisotopic (exact) mass is 318 g/mol. The number of nitrogens with zero attached hydrogens (tertiary/aromatic N) is 1. The van der Waals surface area contributed by atoms with Gasteiger partial charge in [-0.1, -0.05) is 6.07 Å². The quantitative estimate of drug-likeness (QED) is 0.862. The standard InChI is InChI=1S/C17H19FN2O3/c1-4-20-11(2)8-15(12(20)3)17(22)23-10-16(21)19-14-7-5-6-13(18)9-14/h5-9H,4,10H2,1-3H3,(H,19,21). The number of esters is 1. The van der Waals surface area contributed by atoms with Crippen molar-refractivity contribution < 1.29 is 18.7 Å². The molecule has 0 aliphatic rings. The first-order valence-corrected chi connectivity index (χ1v) is 7.31. The summed E-state index contributed by atoms with van der Waals surface area (Å²) in [4.78, 5) is 23.8. The van der Waals surface area contributed by atoms with Crippen molar-refractivity contribution in [2.75, 3.05) is 11.9 Å². The molecule has 1 aromatic carbocycles. The highest BCUT2D eigenvalue weighted by atomic mass is 19.1. The van der Waals surface area contributed by atoms with E-state index >= 15 is 0 Å². The summed E-state index contributed by atoms with van der Waals surface area (Å²) in [6.07, 6.45) is 0. The Hall–Kier alpha value is -2.63. The van der Waals surface area contributed by atoms with Crippen LogP contribution in [0.3, 0.4) is 0 Å². The lowest BCUT2D eigenvalue weighted by Gasteiger charge is -2.07. The summed E-state index contributed by atoms with van der Waals surface area (Å²) in [6.45, 7) is 6.06. The van der Waals surface area contributed by atoms with Gasteiger partial charge in [0.25, 0.3) is 5.91 Å². The highest BCUT2D eigenvalue weighted by Gasteiger charge is 2.17. The molecule has 0 saturated carbocycles. The molecule has 2 aromatic rings. The summed E-state index contributed by atoms with van der Waals surface area (Å²) in [5.41, 5.74) is 2.53. The minimum atomic E-state index is -0.549. The number of aryl methyl sites for hydroxylation is 1. The molecule has 5 nitrogen and oxygen atoms in total. The zero-order valence-electron chi connectivity index (χ0n) is 13.4. The maximum atomic E-state index is 13.0. The number of anilines is 1. The maximum absolute atomic E-state index is 13.0. The van der Waals surface area contributed by atoms with Crippen LogP contribution >= 0.6 is 0 Å². The molecule has 0 aliphatic carbocycles. The Morgan fingerprint density at radius 3 is 2.61 bits per heavy atom. The molecule has 6 heteroatoms. The zero-order valence-corrected chi connectivity index (χ0v) is 13.4. The molecule has 1 aromatic heterocycles. The lowest BCUT2D eigenvalue weighted by atomic mass is 10.2. The molecular weight excluding hydrogens is 299 g/mol. The van der Waals surface area contributed by atoms with Crippen LogP contribution in [0.2, 0.25) is 0 Å². The van der Waals surface area contributed by atoms with Crippen molar-refractivity contribution >= 4 is 17.6 Å². The van der Waals surface area contributed by atoms with Crippen LogP contribution in [0.15, 0.2) is 30.3 Å². The Kier molecular flexibility index (Phi) is 5.16. The molecule has 23 heavy (non-hydrogen) atoms. The number of rotatable bonds is 5. The molecular formula is C17H19FN2O3. The number of hydrogen-bond donors (Lipinski definition) is 1. The van der Waals surface area contributed by atoms with Crippen LogP contribution in [0.4, 0.5) is 10.1 Å². The molecule has 1 heterocycles.